The average Bonchev–Trinajstić information content (AvgIpc) is 3.11. The van der Waals surface area contributed by atoms with Crippen LogP contribution in [-0.2, 0) is 20.7 Å². The Morgan fingerprint density at radius 1 is 0.967 bits per heavy atom. The Labute approximate surface area is 174 Å². The normalized spacial score (nSPS) is 21.9. The average molecular weight is 412 g/mol. The maximum Gasteiger partial charge on any atom is 0.309 e. The monoisotopic (exact) mass is 412 g/mol. The van der Waals surface area contributed by atoms with Crippen molar-refractivity contribution in [3.05, 3.63) is 47.0 Å². The van der Waals surface area contributed by atoms with E-state index in [9.17, 15) is 9.59 Å². The molecule has 0 N–H and O–H groups in total. The minimum absolute atomic E-state index is 0.0262. The number of carbonyl (C=O) groups excluding carboxylic acids is 2. The summed E-state index contributed by atoms with van der Waals surface area (Å²) in [6.07, 6.45) is 0.555. The fraction of sp³-hybridized carbons (Fsp3) is 0.391. The van der Waals surface area contributed by atoms with Gasteiger partial charge in [-0.25, -0.2) is 0 Å². The summed E-state index contributed by atoms with van der Waals surface area (Å²) >= 11 is 0. The van der Waals surface area contributed by atoms with E-state index in [-0.39, 0.29) is 23.7 Å². The third-order valence-corrected chi connectivity index (χ3v) is 5.89. The predicted molar refractivity (Wildman–Crippen MR) is 107 cm³/mol. The molecule has 0 unspecified atom stereocenters. The minimum Gasteiger partial charge on any atom is -0.493 e. The van der Waals surface area contributed by atoms with Crippen LogP contribution < -0.4 is 18.9 Å². The first kappa shape index (κ1) is 20.1. The molecule has 1 heterocycles. The molecule has 3 atom stereocenters. The number of methoxy groups -OCH3 is 3. The Kier molecular flexibility index (Phi) is 5.28. The summed E-state index contributed by atoms with van der Waals surface area (Å²) in [5.74, 6) is 1.05. The van der Waals surface area contributed by atoms with Gasteiger partial charge in [-0.15, -0.1) is 0 Å². The quantitative estimate of drug-likeness (QED) is 0.551. The Balaban J connectivity index is 1.89. The Morgan fingerprint density at radius 2 is 1.67 bits per heavy atom. The zero-order valence-corrected chi connectivity index (χ0v) is 17.4. The third-order valence-electron chi connectivity index (χ3n) is 5.89. The molecule has 2 aromatic rings. The van der Waals surface area contributed by atoms with Crippen LogP contribution in [0.15, 0.2) is 30.3 Å². The van der Waals surface area contributed by atoms with Crippen molar-refractivity contribution in [2.45, 2.75) is 19.3 Å². The summed E-state index contributed by atoms with van der Waals surface area (Å²) in [6, 6.07) is 9.44. The fourth-order valence-corrected chi connectivity index (χ4v) is 4.56. The van der Waals surface area contributed by atoms with Crippen molar-refractivity contribution < 1.29 is 33.3 Å². The molecule has 0 amide bonds. The lowest BCUT2D eigenvalue weighted by molar-refractivity contribution is -0.141. The van der Waals surface area contributed by atoms with E-state index in [1.165, 1.54) is 14.0 Å². The van der Waals surface area contributed by atoms with E-state index in [1.807, 2.05) is 30.3 Å². The highest BCUT2D eigenvalue weighted by atomic mass is 16.6. The number of esters is 2. The molecule has 0 radical (unpaired) electrons. The van der Waals surface area contributed by atoms with Gasteiger partial charge in [0.15, 0.2) is 23.0 Å². The van der Waals surface area contributed by atoms with E-state index in [4.69, 9.17) is 23.7 Å². The number of hydrogen-bond acceptors (Lipinski definition) is 7. The summed E-state index contributed by atoms with van der Waals surface area (Å²) in [5, 5.41) is 0. The van der Waals surface area contributed by atoms with Gasteiger partial charge in [0.05, 0.1) is 33.9 Å². The summed E-state index contributed by atoms with van der Waals surface area (Å²) < 4.78 is 27.1. The fourth-order valence-electron chi connectivity index (χ4n) is 4.56. The molecule has 1 fully saturated rings. The van der Waals surface area contributed by atoms with Crippen molar-refractivity contribution >= 4 is 11.9 Å². The van der Waals surface area contributed by atoms with E-state index in [0.717, 1.165) is 16.7 Å². The largest absolute Gasteiger partial charge is 0.493 e. The molecule has 1 saturated heterocycles. The zero-order chi connectivity index (χ0) is 21.4. The molecule has 158 valence electrons. The lowest BCUT2D eigenvalue weighted by Crippen LogP contribution is -2.31. The molecule has 0 saturated carbocycles. The number of rotatable bonds is 5. The van der Waals surface area contributed by atoms with Gasteiger partial charge in [-0.1, -0.05) is 6.07 Å². The third kappa shape index (κ3) is 3.34. The molecule has 0 spiro atoms. The highest BCUT2D eigenvalue weighted by Crippen LogP contribution is 2.50. The number of cyclic esters (lactones) is 1. The Morgan fingerprint density at radius 3 is 2.33 bits per heavy atom. The van der Waals surface area contributed by atoms with Gasteiger partial charge in [0.2, 0.25) is 0 Å². The Bertz CT molecular complexity index is 997. The van der Waals surface area contributed by atoms with Crippen molar-refractivity contribution in [3.8, 4) is 23.0 Å². The van der Waals surface area contributed by atoms with Crippen LogP contribution in [0, 0.1) is 11.8 Å². The summed E-state index contributed by atoms with van der Waals surface area (Å²) in [6.45, 7) is 1.70. The van der Waals surface area contributed by atoms with Crippen LogP contribution in [0.2, 0.25) is 0 Å². The summed E-state index contributed by atoms with van der Waals surface area (Å²) in [7, 11) is 4.70. The smallest absolute Gasteiger partial charge is 0.309 e. The van der Waals surface area contributed by atoms with Crippen LogP contribution >= 0.6 is 0 Å². The van der Waals surface area contributed by atoms with E-state index in [0.29, 0.717) is 36.0 Å². The second-order valence-electron chi connectivity index (χ2n) is 7.49. The number of benzene rings is 2. The highest BCUT2D eigenvalue weighted by Gasteiger charge is 2.47. The lowest BCUT2D eigenvalue weighted by atomic mass is 9.67. The van der Waals surface area contributed by atoms with Gasteiger partial charge >= 0.3 is 11.9 Å². The van der Waals surface area contributed by atoms with Gasteiger partial charge in [-0.3, -0.25) is 9.59 Å². The molecule has 1 aliphatic carbocycles. The van der Waals surface area contributed by atoms with Crippen LogP contribution in [0.25, 0.3) is 0 Å². The number of ether oxygens (including phenoxy) is 5. The van der Waals surface area contributed by atoms with E-state index >= 15 is 0 Å². The van der Waals surface area contributed by atoms with Crippen LogP contribution in [0.4, 0.5) is 0 Å². The van der Waals surface area contributed by atoms with E-state index < -0.39 is 5.97 Å². The van der Waals surface area contributed by atoms with E-state index in [1.54, 1.807) is 14.2 Å². The van der Waals surface area contributed by atoms with Crippen molar-refractivity contribution in [1.82, 2.24) is 0 Å². The second kappa shape index (κ2) is 7.89. The zero-order valence-electron chi connectivity index (χ0n) is 17.4. The predicted octanol–water partition coefficient (Wildman–Crippen LogP) is 3.11. The van der Waals surface area contributed by atoms with Gasteiger partial charge < -0.3 is 23.7 Å². The van der Waals surface area contributed by atoms with Crippen LogP contribution in [0.5, 0.6) is 23.0 Å². The molecule has 1 aliphatic heterocycles. The molecular weight excluding hydrogens is 388 g/mol. The van der Waals surface area contributed by atoms with Gasteiger partial charge in [0.25, 0.3) is 0 Å². The molecular formula is C23H24O7. The van der Waals surface area contributed by atoms with Gasteiger partial charge in [-0.05, 0) is 47.4 Å². The maximum atomic E-state index is 12.4. The minimum atomic E-state index is -0.427. The van der Waals surface area contributed by atoms with Gasteiger partial charge in [0, 0.05) is 18.8 Å². The van der Waals surface area contributed by atoms with Crippen LogP contribution in [-0.4, -0.2) is 39.9 Å². The number of hydrogen-bond donors (Lipinski definition) is 0. The standard InChI is InChI=1S/C23H24O7/c1-12(24)30-21-10-15-14(9-20(21)28-4)7-16-17(11-29-23(16)25)22(15)13-5-6-18(26-2)19(8-13)27-3/h5-6,8-10,16-17,22H,7,11H2,1-4H3/t16-,17-,22-/m0/s1. The molecule has 30 heavy (non-hydrogen) atoms. The first-order chi connectivity index (χ1) is 14.5. The van der Waals surface area contributed by atoms with Crippen molar-refractivity contribution in [3.63, 3.8) is 0 Å². The van der Waals surface area contributed by atoms with Crippen molar-refractivity contribution in [2.24, 2.45) is 11.8 Å². The number of fused-ring (bicyclic) bond motifs is 2. The van der Waals surface area contributed by atoms with E-state index in [2.05, 4.69) is 0 Å². The molecule has 7 heteroatoms. The SMILES string of the molecule is COc1ccc([C@H]2c3cc(OC(C)=O)c(OC)cc3C[C@@H]3C(=O)OC[C@H]23)cc1OC. The van der Waals surface area contributed by atoms with Gasteiger partial charge in [-0.2, -0.15) is 0 Å². The first-order valence-electron chi connectivity index (χ1n) is 9.74. The highest BCUT2D eigenvalue weighted by molar-refractivity contribution is 5.77. The van der Waals surface area contributed by atoms with Gasteiger partial charge in [0.1, 0.15) is 0 Å². The maximum absolute atomic E-state index is 12.4. The lowest BCUT2D eigenvalue weighted by Gasteiger charge is -2.34. The molecule has 7 nitrogen and oxygen atoms in total. The molecule has 2 aromatic carbocycles. The molecule has 4 rings (SSSR count). The number of carbonyl (C=O) groups is 2. The molecule has 0 aromatic heterocycles. The van der Waals surface area contributed by atoms with Crippen LogP contribution in [0.1, 0.15) is 29.5 Å². The summed E-state index contributed by atoms with van der Waals surface area (Å²) in [4.78, 5) is 24.0. The topological polar surface area (TPSA) is 80.3 Å². The molecule has 2 aliphatic rings. The molecule has 0 bridgehead atoms. The summed E-state index contributed by atoms with van der Waals surface area (Å²) in [5.41, 5.74) is 2.93. The van der Waals surface area contributed by atoms with Crippen molar-refractivity contribution in [2.75, 3.05) is 27.9 Å². The second-order valence-corrected chi connectivity index (χ2v) is 7.49. The van der Waals surface area contributed by atoms with Crippen molar-refractivity contribution in [1.29, 1.82) is 0 Å². The first-order valence-corrected chi connectivity index (χ1v) is 9.74. The Hall–Kier alpha value is -3.22. The van der Waals surface area contributed by atoms with Crippen LogP contribution in [0.3, 0.4) is 0 Å².